The average molecular weight is 387 g/mol. The molecule has 0 N–H and O–H groups in total. The van der Waals surface area contributed by atoms with Gasteiger partial charge in [0.25, 0.3) is 10.0 Å². The monoisotopic (exact) mass is 387 g/mol. The second kappa shape index (κ2) is 6.11. The first-order chi connectivity index (χ1) is 13.6. The Balaban J connectivity index is 1.98. The maximum atomic E-state index is 13.6. The molecule has 5 aromatic rings. The highest BCUT2D eigenvalue weighted by molar-refractivity contribution is 7.90. The fourth-order valence-corrected chi connectivity index (χ4v) is 5.30. The summed E-state index contributed by atoms with van der Waals surface area (Å²) in [7, 11) is -3.81. The Bertz CT molecular complexity index is 1410. The molecular formula is C23H17NO3S. The van der Waals surface area contributed by atoms with Crippen molar-refractivity contribution in [2.45, 2.75) is 11.8 Å². The number of hydrogen-bond donors (Lipinski definition) is 0. The number of fused-ring (bicyclic) bond motifs is 3. The highest BCUT2D eigenvalue weighted by Crippen LogP contribution is 2.41. The van der Waals surface area contributed by atoms with Gasteiger partial charge in [0.15, 0.2) is 5.76 Å². The molecule has 5 rings (SSSR count). The number of aromatic nitrogens is 1. The van der Waals surface area contributed by atoms with E-state index in [0.717, 1.165) is 16.3 Å². The number of benzene rings is 3. The van der Waals surface area contributed by atoms with Crippen LogP contribution in [0.4, 0.5) is 0 Å². The van der Waals surface area contributed by atoms with Crippen LogP contribution in [0.3, 0.4) is 0 Å². The van der Waals surface area contributed by atoms with E-state index in [0.29, 0.717) is 22.6 Å². The van der Waals surface area contributed by atoms with Gasteiger partial charge in [0.05, 0.1) is 15.8 Å². The SMILES string of the molecule is Cc1oc(-c2ccccc2)c2c1c1ccccc1n2S(=O)(=O)c1ccccc1. The van der Waals surface area contributed by atoms with Gasteiger partial charge in [0.2, 0.25) is 0 Å². The smallest absolute Gasteiger partial charge is 0.268 e. The van der Waals surface area contributed by atoms with Crippen LogP contribution < -0.4 is 0 Å². The van der Waals surface area contributed by atoms with Gasteiger partial charge in [-0.25, -0.2) is 12.4 Å². The van der Waals surface area contributed by atoms with Gasteiger partial charge in [-0.3, -0.25) is 0 Å². The fourth-order valence-electron chi connectivity index (χ4n) is 3.76. The third-order valence-corrected chi connectivity index (χ3v) is 6.70. The third kappa shape index (κ3) is 2.33. The van der Waals surface area contributed by atoms with Crippen LogP contribution in [0.25, 0.3) is 33.1 Å². The zero-order chi connectivity index (χ0) is 19.3. The molecule has 3 aromatic carbocycles. The lowest BCUT2D eigenvalue weighted by molar-refractivity contribution is 0.552. The molecule has 0 saturated carbocycles. The van der Waals surface area contributed by atoms with Crippen molar-refractivity contribution >= 4 is 31.8 Å². The van der Waals surface area contributed by atoms with E-state index in [1.165, 1.54) is 3.97 Å². The van der Waals surface area contributed by atoms with Crippen molar-refractivity contribution in [3.8, 4) is 11.3 Å². The lowest BCUT2D eigenvalue weighted by Crippen LogP contribution is -2.12. The van der Waals surface area contributed by atoms with Crippen molar-refractivity contribution < 1.29 is 12.8 Å². The molecule has 0 bridgehead atoms. The van der Waals surface area contributed by atoms with Gasteiger partial charge in [0.1, 0.15) is 11.3 Å². The normalized spacial score (nSPS) is 12.0. The van der Waals surface area contributed by atoms with Gasteiger partial charge in [-0.05, 0) is 25.1 Å². The Morgan fingerprint density at radius 3 is 2.11 bits per heavy atom. The lowest BCUT2D eigenvalue weighted by Gasteiger charge is -2.10. The maximum Gasteiger partial charge on any atom is 0.268 e. The molecule has 138 valence electrons. The average Bonchev–Trinajstić information content (AvgIpc) is 3.25. The molecule has 4 nitrogen and oxygen atoms in total. The molecule has 0 saturated heterocycles. The minimum Gasteiger partial charge on any atom is -0.458 e. The van der Waals surface area contributed by atoms with Gasteiger partial charge in [-0.1, -0.05) is 66.7 Å². The molecule has 0 aliphatic heterocycles. The van der Waals surface area contributed by atoms with Gasteiger partial charge in [-0.2, -0.15) is 0 Å². The number of hydrogen-bond acceptors (Lipinski definition) is 3. The van der Waals surface area contributed by atoms with Gasteiger partial charge in [-0.15, -0.1) is 0 Å². The summed E-state index contributed by atoms with van der Waals surface area (Å²) in [5.74, 6) is 1.26. The standard InChI is InChI=1S/C23H17NO3S/c1-16-21-19-14-8-9-15-20(19)24(28(25,26)18-12-6-3-7-13-18)22(21)23(27-16)17-10-4-2-5-11-17/h2-15H,1H3. The van der Waals surface area contributed by atoms with Crippen molar-refractivity contribution in [1.29, 1.82) is 0 Å². The first-order valence-corrected chi connectivity index (χ1v) is 10.4. The van der Waals surface area contributed by atoms with E-state index < -0.39 is 10.0 Å². The summed E-state index contributed by atoms with van der Waals surface area (Å²) in [6.07, 6.45) is 0. The fraction of sp³-hybridized carbons (Fsp3) is 0.0435. The first kappa shape index (κ1) is 16.8. The molecule has 0 atom stereocenters. The van der Waals surface area contributed by atoms with Crippen molar-refractivity contribution in [2.75, 3.05) is 0 Å². The Kier molecular flexibility index (Phi) is 3.67. The van der Waals surface area contributed by atoms with E-state index in [1.54, 1.807) is 30.3 Å². The van der Waals surface area contributed by atoms with Crippen LogP contribution in [-0.2, 0) is 10.0 Å². The molecule has 0 radical (unpaired) electrons. The Morgan fingerprint density at radius 2 is 1.39 bits per heavy atom. The van der Waals surface area contributed by atoms with Gasteiger partial charge >= 0.3 is 0 Å². The van der Waals surface area contributed by atoms with Gasteiger partial charge < -0.3 is 4.42 Å². The summed E-state index contributed by atoms with van der Waals surface area (Å²) in [5, 5.41) is 1.69. The molecule has 0 spiro atoms. The summed E-state index contributed by atoms with van der Waals surface area (Å²) in [6.45, 7) is 1.88. The van der Waals surface area contributed by atoms with E-state index in [-0.39, 0.29) is 4.90 Å². The van der Waals surface area contributed by atoms with Gasteiger partial charge in [0, 0.05) is 10.9 Å². The third-order valence-electron chi connectivity index (χ3n) is 4.97. The molecule has 2 aromatic heterocycles. The van der Waals surface area contributed by atoms with Crippen LogP contribution >= 0.6 is 0 Å². The molecular weight excluding hydrogens is 370 g/mol. The van der Waals surface area contributed by atoms with Crippen molar-refractivity contribution in [3.05, 3.63) is 90.7 Å². The van der Waals surface area contributed by atoms with E-state index in [1.807, 2.05) is 61.5 Å². The zero-order valence-corrected chi connectivity index (χ0v) is 16.0. The van der Waals surface area contributed by atoms with Crippen LogP contribution in [0.1, 0.15) is 5.76 Å². The minimum atomic E-state index is -3.81. The summed E-state index contributed by atoms with van der Waals surface area (Å²) in [6, 6.07) is 25.6. The van der Waals surface area contributed by atoms with Crippen LogP contribution in [-0.4, -0.2) is 12.4 Å². The predicted molar refractivity (Wildman–Crippen MR) is 111 cm³/mol. The molecule has 5 heteroatoms. The van der Waals surface area contributed by atoms with Crippen molar-refractivity contribution in [2.24, 2.45) is 0 Å². The lowest BCUT2D eigenvalue weighted by atomic mass is 10.1. The van der Waals surface area contributed by atoms with Crippen molar-refractivity contribution in [1.82, 2.24) is 3.97 Å². The first-order valence-electron chi connectivity index (χ1n) is 8.97. The summed E-state index contributed by atoms with van der Waals surface area (Å²) < 4.78 is 34.8. The zero-order valence-electron chi connectivity index (χ0n) is 15.2. The topological polar surface area (TPSA) is 52.2 Å². The second-order valence-electron chi connectivity index (χ2n) is 6.68. The molecule has 0 amide bonds. The van der Waals surface area contributed by atoms with Crippen LogP contribution in [0.5, 0.6) is 0 Å². The molecule has 0 unspecified atom stereocenters. The number of nitrogens with zero attached hydrogens (tertiary/aromatic N) is 1. The Hall–Kier alpha value is -3.31. The predicted octanol–water partition coefficient (Wildman–Crippen LogP) is 5.60. The number of para-hydroxylation sites is 1. The second-order valence-corrected chi connectivity index (χ2v) is 8.46. The molecule has 0 aliphatic rings. The number of rotatable bonds is 3. The molecule has 2 heterocycles. The summed E-state index contributed by atoms with van der Waals surface area (Å²) in [5.41, 5.74) is 2.06. The summed E-state index contributed by atoms with van der Waals surface area (Å²) in [4.78, 5) is 0.246. The van der Waals surface area contributed by atoms with E-state index in [4.69, 9.17) is 4.42 Å². The largest absolute Gasteiger partial charge is 0.458 e. The number of furan rings is 1. The van der Waals surface area contributed by atoms with E-state index in [2.05, 4.69) is 0 Å². The molecule has 28 heavy (non-hydrogen) atoms. The molecule has 0 aliphatic carbocycles. The Morgan fingerprint density at radius 1 is 0.786 bits per heavy atom. The number of aryl methyl sites for hydroxylation is 1. The van der Waals surface area contributed by atoms with E-state index in [9.17, 15) is 8.42 Å². The van der Waals surface area contributed by atoms with Crippen molar-refractivity contribution in [3.63, 3.8) is 0 Å². The highest BCUT2D eigenvalue weighted by atomic mass is 32.2. The quantitative estimate of drug-likeness (QED) is 0.405. The van der Waals surface area contributed by atoms with Crippen LogP contribution in [0, 0.1) is 6.92 Å². The summed E-state index contributed by atoms with van der Waals surface area (Å²) >= 11 is 0. The van der Waals surface area contributed by atoms with E-state index >= 15 is 0 Å². The Labute approximate surface area is 162 Å². The molecule has 0 fully saturated rings. The van der Waals surface area contributed by atoms with Crippen LogP contribution in [0.15, 0.2) is 94.2 Å². The van der Waals surface area contributed by atoms with Crippen LogP contribution in [0.2, 0.25) is 0 Å². The maximum absolute atomic E-state index is 13.6. The highest BCUT2D eigenvalue weighted by Gasteiger charge is 2.28. The minimum absolute atomic E-state index is 0.246.